The average molecular weight is 330 g/mol. The molecule has 0 amide bonds. The Morgan fingerprint density at radius 1 is 1.27 bits per heavy atom. The fourth-order valence-corrected chi connectivity index (χ4v) is 4.28. The van der Waals surface area contributed by atoms with Crippen LogP contribution < -0.4 is 0 Å². The minimum absolute atomic E-state index is 0.0898. The van der Waals surface area contributed by atoms with Gasteiger partial charge >= 0.3 is 0 Å². The lowest BCUT2D eigenvalue weighted by atomic mass is 10.2. The second-order valence-corrected chi connectivity index (χ2v) is 7.53. The van der Waals surface area contributed by atoms with E-state index in [1.165, 1.54) is 22.5 Å². The van der Waals surface area contributed by atoms with E-state index >= 15 is 0 Å². The van der Waals surface area contributed by atoms with E-state index < -0.39 is 15.8 Å². The molecule has 0 aromatic heterocycles. The van der Waals surface area contributed by atoms with Crippen molar-refractivity contribution in [1.29, 1.82) is 0 Å². The number of sulfonamides is 1. The molecule has 0 unspecified atom stereocenters. The van der Waals surface area contributed by atoms with Crippen molar-refractivity contribution in [1.82, 2.24) is 9.21 Å². The van der Waals surface area contributed by atoms with Gasteiger partial charge in [0, 0.05) is 32.2 Å². The third kappa shape index (κ3) is 4.25. The molecular weight excluding hydrogens is 307 g/mol. The minimum atomic E-state index is -3.44. The van der Waals surface area contributed by atoms with Crippen LogP contribution in [-0.4, -0.2) is 61.6 Å². The summed E-state index contributed by atoms with van der Waals surface area (Å²) in [5.74, 6) is -0.603. The molecule has 1 fully saturated rings. The van der Waals surface area contributed by atoms with E-state index in [0.29, 0.717) is 31.7 Å². The number of halogens is 1. The predicted molar refractivity (Wildman–Crippen MR) is 83.3 cm³/mol. The van der Waals surface area contributed by atoms with Crippen molar-refractivity contribution in [3.63, 3.8) is 0 Å². The molecule has 5 nitrogen and oxygen atoms in total. The first-order valence-electron chi connectivity index (χ1n) is 7.53. The topological polar surface area (TPSA) is 60.9 Å². The van der Waals surface area contributed by atoms with Gasteiger partial charge in [0.05, 0.1) is 12.4 Å². The zero-order valence-electron chi connectivity index (χ0n) is 12.8. The van der Waals surface area contributed by atoms with Crippen molar-refractivity contribution in [3.8, 4) is 0 Å². The predicted octanol–water partition coefficient (Wildman–Crippen LogP) is 1.04. The van der Waals surface area contributed by atoms with Gasteiger partial charge in [-0.15, -0.1) is 0 Å². The molecule has 1 aliphatic rings. The van der Waals surface area contributed by atoms with Crippen LogP contribution >= 0.6 is 0 Å². The molecule has 1 aromatic rings. The molecule has 1 aliphatic heterocycles. The van der Waals surface area contributed by atoms with Gasteiger partial charge in [0.25, 0.3) is 0 Å². The number of piperazine rings is 1. The van der Waals surface area contributed by atoms with Gasteiger partial charge in [-0.1, -0.05) is 19.1 Å². The molecule has 0 spiro atoms. The van der Waals surface area contributed by atoms with E-state index in [2.05, 4.69) is 4.90 Å². The van der Waals surface area contributed by atoms with Crippen LogP contribution in [0, 0.1) is 5.82 Å². The molecule has 1 aromatic carbocycles. The highest BCUT2D eigenvalue weighted by Crippen LogP contribution is 2.16. The van der Waals surface area contributed by atoms with Gasteiger partial charge in [-0.3, -0.25) is 4.90 Å². The molecule has 7 heteroatoms. The Hall–Kier alpha value is -1.02. The number of nitrogens with zero attached hydrogens (tertiary/aromatic N) is 2. The van der Waals surface area contributed by atoms with Crippen molar-refractivity contribution in [2.24, 2.45) is 0 Å². The molecule has 1 atom stereocenters. The molecule has 0 aliphatic carbocycles. The Morgan fingerprint density at radius 2 is 1.95 bits per heavy atom. The molecular formula is C15H23FN2O3S. The normalized spacial score (nSPS) is 19.2. The molecule has 2 rings (SSSR count). The molecule has 1 heterocycles. The Labute approximate surface area is 131 Å². The maximum Gasteiger partial charge on any atom is 0.218 e. The number of hydrogen-bond acceptors (Lipinski definition) is 4. The minimum Gasteiger partial charge on any atom is -0.395 e. The highest BCUT2D eigenvalue weighted by atomic mass is 32.2. The van der Waals surface area contributed by atoms with Gasteiger partial charge in [-0.2, -0.15) is 4.31 Å². The first-order valence-corrected chi connectivity index (χ1v) is 9.14. The standard InChI is InChI=1S/C15H23FN2O3S/c1-2-15(11-19)17-6-8-18(9-7-17)22(20,21)12-13-4-3-5-14(16)10-13/h3-5,10,15,19H,2,6-9,11-12H2,1H3/t15-/m1/s1. The molecule has 1 saturated heterocycles. The van der Waals surface area contributed by atoms with Gasteiger partial charge in [-0.25, -0.2) is 12.8 Å². The zero-order chi connectivity index (χ0) is 16.2. The highest BCUT2D eigenvalue weighted by molar-refractivity contribution is 7.88. The summed E-state index contributed by atoms with van der Waals surface area (Å²) in [6.45, 7) is 4.14. The number of rotatable bonds is 6. The van der Waals surface area contributed by atoms with Crippen molar-refractivity contribution in [2.45, 2.75) is 25.1 Å². The average Bonchev–Trinajstić information content (AvgIpc) is 2.48. The van der Waals surface area contributed by atoms with Crippen LogP contribution in [0.25, 0.3) is 0 Å². The summed E-state index contributed by atoms with van der Waals surface area (Å²) in [6, 6.07) is 5.79. The lowest BCUT2D eigenvalue weighted by Crippen LogP contribution is -2.52. The summed E-state index contributed by atoms with van der Waals surface area (Å²) in [4.78, 5) is 2.12. The number of hydrogen-bond donors (Lipinski definition) is 1. The van der Waals surface area contributed by atoms with E-state index in [1.54, 1.807) is 6.07 Å². The lowest BCUT2D eigenvalue weighted by molar-refractivity contribution is 0.0880. The van der Waals surface area contributed by atoms with E-state index in [0.717, 1.165) is 6.42 Å². The fraction of sp³-hybridized carbons (Fsp3) is 0.600. The van der Waals surface area contributed by atoms with E-state index in [9.17, 15) is 17.9 Å². The Balaban J connectivity index is 1.97. The quantitative estimate of drug-likeness (QED) is 0.847. The first kappa shape index (κ1) is 17.3. The summed E-state index contributed by atoms with van der Waals surface area (Å²) < 4.78 is 39.5. The fourth-order valence-electron chi connectivity index (χ4n) is 2.78. The second-order valence-electron chi connectivity index (χ2n) is 5.57. The van der Waals surface area contributed by atoms with Crippen LogP contribution in [0.3, 0.4) is 0 Å². The maximum absolute atomic E-state index is 13.2. The Morgan fingerprint density at radius 3 is 2.50 bits per heavy atom. The van der Waals surface area contributed by atoms with Crippen molar-refractivity contribution in [3.05, 3.63) is 35.6 Å². The van der Waals surface area contributed by atoms with Crippen molar-refractivity contribution >= 4 is 10.0 Å². The molecule has 0 saturated carbocycles. The van der Waals surface area contributed by atoms with Crippen LogP contribution in [-0.2, 0) is 15.8 Å². The third-order valence-corrected chi connectivity index (χ3v) is 5.95. The Kier molecular flexibility index (Phi) is 5.91. The third-order valence-electron chi connectivity index (χ3n) is 4.10. The van der Waals surface area contributed by atoms with E-state index in [1.807, 2.05) is 6.92 Å². The molecule has 124 valence electrons. The summed E-state index contributed by atoms with van der Waals surface area (Å²) in [6.07, 6.45) is 0.840. The summed E-state index contributed by atoms with van der Waals surface area (Å²) >= 11 is 0. The van der Waals surface area contributed by atoms with Gasteiger partial charge in [0.1, 0.15) is 5.82 Å². The maximum atomic E-state index is 13.2. The van der Waals surface area contributed by atoms with Crippen LogP contribution in [0.4, 0.5) is 4.39 Å². The molecule has 1 N–H and O–H groups in total. The number of aliphatic hydroxyl groups is 1. The van der Waals surface area contributed by atoms with Crippen LogP contribution in [0.2, 0.25) is 0 Å². The van der Waals surface area contributed by atoms with Crippen LogP contribution in [0.5, 0.6) is 0 Å². The Bertz CT molecular complexity index is 582. The largest absolute Gasteiger partial charge is 0.395 e. The zero-order valence-corrected chi connectivity index (χ0v) is 13.6. The molecule has 0 bridgehead atoms. The summed E-state index contributed by atoms with van der Waals surface area (Å²) in [7, 11) is -3.44. The van der Waals surface area contributed by atoms with Crippen LogP contribution in [0.1, 0.15) is 18.9 Å². The second kappa shape index (κ2) is 7.50. The van der Waals surface area contributed by atoms with Crippen LogP contribution in [0.15, 0.2) is 24.3 Å². The monoisotopic (exact) mass is 330 g/mol. The van der Waals surface area contributed by atoms with E-state index in [-0.39, 0.29) is 18.4 Å². The smallest absolute Gasteiger partial charge is 0.218 e. The van der Waals surface area contributed by atoms with Crippen molar-refractivity contribution in [2.75, 3.05) is 32.8 Å². The number of benzene rings is 1. The summed E-state index contributed by atoms with van der Waals surface area (Å²) in [5.41, 5.74) is 0.462. The number of aliphatic hydroxyl groups excluding tert-OH is 1. The van der Waals surface area contributed by atoms with Crippen molar-refractivity contribution < 1.29 is 17.9 Å². The van der Waals surface area contributed by atoms with Gasteiger partial charge in [0.15, 0.2) is 0 Å². The van der Waals surface area contributed by atoms with Gasteiger partial charge in [-0.05, 0) is 24.1 Å². The first-order chi connectivity index (χ1) is 10.5. The SMILES string of the molecule is CC[C@H](CO)N1CCN(S(=O)(=O)Cc2cccc(F)c2)CC1. The lowest BCUT2D eigenvalue weighted by Gasteiger charge is -2.37. The van der Waals surface area contributed by atoms with Gasteiger partial charge in [0.2, 0.25) is 10.0 Å². The summed E-state index contributed by atoms with van der Waals surface area (Å²) in [5, 5.41) is 9.32. The molecule has 22 heavy (non-hydrogen) atoms. The highest BCUT2D eigenvalue weighted by Gasteiger charge is 2.29. The molecule has 0 radical (unpaired) electrons. The van der Waals surface area contributed by atoms with Gasteiger partial charge < -0.3 is 5.11 Å². The van der Waals surface area contributed by atoms with E-state index in [4.69, 9.17) is 0 Å².